The number of benzene rings is 1. The summed E-state index contributed by atoms with van der Waals surface area (Å²) in [4.78, 5) is 47.2. The van der Waals surface area contributed by atoms with E-state index >= 15 is 0 Å². The summed E-state index contributed by atoms with van der Waals surface area (Å²) in [6.07, 6.45) is 0.0375. The molecule has 0 aliphatic carbocycles. The predicted molar refractivity (Wildman–Crippen MR) is 132 cm³/mol. The Morgan fingerprint density at radius 1 is 0.703 bits per heavy atom. The van der Waals surface area contributed by atoms with Gasteiger partial charge in [-0.2, -0.15) is 0 Å². The first-order chi connectivity index (χ1) is 17.7. The molecule has 0 aromatic heterocycles. The molecule has 2 N–H and O–H groups in total. The van der Waals surface area contributed by atoms with Crippen molar-refractivity contribution in [2.45, 2.75) is 38.3 Å². The number of esters is 3. The molecular formula is C25H38N2O10. The Balaban J connectivity index is 2.90. The second-order valence-electron chi connectivity index (χ2n) is 8.21. The van der Waals surface area contributed by atoms with Crippen LogP contribution in [0.1, 0.15) is 30.4 Å². The Labute approximate surface area is 217 Å². The topological polar surface area (TPSA) is 148 Å². The van der Waals surface area contributed by atoms with Crippen LogP contribution in [-0.2, 0) is 49.3 Å². The van der Waals surface area contributed by atoms with Crippen LogP contribution in [0.5, 0.6) is 0 Å². The fourth-order valence-electron chi connectivity index (χ4n) is 2.98. The van der Waals surface area contributed by atoms with Crippen LogP contribution >= 0.6 is 0 Å². The average molecular weight is 527 g/mol. The molecule has 0 saturated carbocycles. The van der Waals surface area contributed by atoms with Crippen LogP contribution in [0.3, 0.4) is 0 Å². The number of urea groups is 1. The third kappa shape index (κ3) is 14.2. The van der Waals surface area contributed by atoms with Crippen molar-refractivity contribution in [3.63, 3.8) is 0 Å². The molecule has 1 aromatic rings. The summed E-state index contributed by atoms with van der Waals surface area (Å²) in [5, 5.41) is 5.63. The van der Waals surface area contributed by atoms with E-state index in [-0.39, 0.29) is 65.4 Å². The third-order valence-corrected chi connectivity index (χ3v) is 5.12. The molecule has 0 aliphatic rings. The lowest BCUT2D eigenvalue weighted by atomic mass is 10.0. The van der Waals surface area contributed by atoms with Gasteiger partial charge in [-0.3, -0.25) is 14.4 Å². The second kappa shape index (κ2) is 18.1. The van der Waals surface area contributed by atoms with Crippen molar-refractivity contribution in [2.75, 3.05) is 61.0 Å². The normalized spacial score (nSPS) is 10.9. The van der Waals surface area contributed by atoms with E-state index in [0.717, 1.165) is 11.1 Å². The van der Waals surface area contributed by atoms with Crippen LogP contribution in [0.4, 0.5) is 4.79 Å². The Bertz CT molecular complexity index is 785. The van der Waals surface area contributed by atoms with E-state index in [9.17, 15) is 19.2 Å². The van der Waals surface area contributed by atoms with Gasteiger partial charge in [-0.05, 0) is 12.5 Å². The van der Waals surface area contributed by atoms with Crippen molar-refractivity contribution in [3.05, 3.63) is 35.4 Å². The number of rotatable bonds is 18. The molecule has 0 fully saturated rings. The fourth-order valence-corrected chi connectivity index (χ4v) is 2.98. The van der Waals surface area contributed by atoms with Crippen LogP contribution < -0.4 is 10.6 Å². The van der Waals surface area contributed by atoms with E-state index in [1.807, 2.05) is 31.2 Å². The lowest BCUT2D eigenvalue weighted by Gasteiger charge is -2.34. The molecular weight excluding hydrogens is 488 g/mol. The van der Waals surface area contributed by atoms with E-state index in [1.165, 1.54) is 21.3 Å². The second-order valence-corrected chi connectivity index (χ2v) is 8.21. The van der Waals surface area contributed by atoms with Gasteiger partial charge in [0.15, 0.2) is 0 Å². The third-order valence-electron chi connectivity index (χ3n) is 5.12. The Hall–Kier alpha value is -3.22. The monoisotopic (exact) mass is 526 g/mol. The van der Waals surface area contributed by atoms with Crippen molar-refractivity contribution < 1.29 is 47.6 Å². The van der Waals surface area contributed by atoms with Crippen molar-refractivity contribution in [1.82, 2.24) is 10.6 Å². The summed E-state index contributed by atoms with van der Waals surface area (Å²) in [5.41, 5.74) is 0.800. The number of aryl methyl sites for hydroxylation is 1. The molecule has 0 bridgehead atoms. The highest BCUT2D eigenvalue weighted by atomic mass is 16.5. The van der Waals surface area contributed by atoms with Crippen molar-refractivity contribution in [3.8, 4) is 0 Å². The van der Waals surface area contributed by atoms with Crippen LogP contribution in [0, 0.1) is 6.92 Å². The summed E-state index contributed by atoms with van der Waals surface area (Å²) >= 11 is 0. The number of hydrogen-bond acceptors (Lipinski definition) is 10. The number of ether oxygens (including phenoxy) is 6. The maximum atomic E-state index is 12.8. The number of carbonyl (C=O) groups is 4. The molecule has 0 aliphatic heterocycles. The molecule has 1 aromatic carbocycles. The van der Waals surface area contributed by atoms with Crippen molar-refractivity contribution >= 4 is 23.9 Å². The molecule has 12 heteroatoms. The number of carbonyl (C=O) groups excluding carboxylic acids is 4. The molecule has 0 heterocycles. The van der Waals surface area contributed by atoms with E-state index < -0.39 is 29.5 Å². The molecule has 0 saturated heterocycles. The van der Waals surface area contributed by atoms with Crippen molar-refractivity contribution in [1.29, 1.82) is 0 Å². The molecule has 0 spiro atoms. The lowest BCUT2D eigenvalue weighted by molar-refractivity contribution is -0.142. The van der Waals surface area contributed by atoms with E-state index in [2.05, 4.69) is 24.8 Å². The van der Waals surface area contributed by atoms with Gasteiger partial charge in [-0.25, -0.2) is 4.79 Å². The Morgan fingerprint density at radius 3 is 1.49 bits per heavy atom. The van der Waals surface area contributed by atoms with Crippen LogP contribution in [0.15, 0.2) is 24.3 Å². The van der Waals surface area contributed by atoms with Gasteiger partial charge in [0.2, 0.25) is 0 Å². The molecule has 2 amide bonds. The van der Waals surface area contributed by atoms with Gasteiger partial charge in [0, 0.05) is 6.54 Å². The fraction of sp³-hybridized carbons (Fsp3) is 0.600. The summed E-state index contributed by atoms with van der Waals surface area (Å²) < 4.78 is 30.8. The van der Waals surface area contributed by atoms with E-state index in [0.29, 0.717) is 0 Å². The quantitative estimate of drug-likeness (QED) is 0.163. The van der Waals surface area contributed by atoms with Gasteiger partial charge in [-0.15, -0.1) is 0 Å². The highest BCUT2D eigenvalue weighted by Gasteiger charge is 2.34. The van der Waals surface area contributed by atoms with Crippen LogP contribution in [-0.4, -0.2) is 90.4 Å². The van der Waals surface area contributed by atoms with Crippen LogP contribution in [0.25, 0.3) is 0 Å². The first kappa shape index (κ1) is 31.8. The zero-order valence-electron chi connectivity index (χ0n) is 22.0. The standard InChI is InChI=1S/C25H38N2O10/c1-19-5-7-20(8-6-19)15-26-24(31)27-25(16-35-12-9-21(28)32-2,17-36-13-10-22(29)33-3)18-37-14-11-23(30)34-4/h5-8H,9-18H2,1-4H3,(H2,26,27,31). The van der Waals surface area contributed by atoms with E-state index in [4.69, 9.17) is 14.2 Å². The summed E-state index contributed by atoms with van der Waals surface area (Å²) in [6, 6.07) is 7.19. The van der Waals surface area contributed by atoms with Gasteiger partial charge >= 0.3 is 23.9 Å². The minimum atomic E-state index is -1.21. The SMILES string of the molecule is COC(=O)CCOCC(COCCC(=O)OC)(COCCC(=O)OC)NC(=O)NCc1ccc(C)cc1. The minimum absolute atomic E-state index is 0.0125. The average Bonchev–Trinajstić information content (AvgIpc) is 2.90. The zero-order chi connectivity index (χ0) is 27.5. The molecule has 0 unspecified atom stereocenters. The first-order valence-corrected chi connectivity index (χ1v) is 11.8. The highest BCUT2D eigenvalue weighted by molar-refractivity contribution is 5.75. The molecule has 1 rings (SSSR count). The summed E-state index contributed by atoms with van der Waals surface area (Å²) in [7, 11) is 3.82. The molecule has 208 valence electrons. The Kier molecular flexibility index (Phi) is 15.6. The first-order valence-electron chi connectivity index (χ1n) is 11.8. The zero-order valence-corrected chi connectivity index (χ0v) is 22.0. The number of methoxy groups -OCH3 is 3. The minimum Gasteiger partial charge on any atom is -0.469 e. The number of amides is 2. The number of nitrogens with one attached hydrogen (secondary N) is 2. The molecule has 37 heavy (non-hydrogen) atoms. The van der Waals surface area contributed by atoms with Gasteiger partial charge in [0.1, 0.15) is 5.54 Å². The highest BCUT2D eigenvalue weighted by Crippen LogP contribution is 2.11. The predicted octanol–water partition coefficient (Wildman–Crippen LogP) is 1.27. The smallest absolute Gasteiger partial charge is 0.315 e. The molecule has 12 nitrogen and oxygen atoms in total. The van der Waals surface area contributed by atoms with Crippen LogP contribution in [0.2, 0.25) is 0 Å². The number of hydrogen-bond donors (Lipinski definition) is 2. The largest absolute Gasteiger partial charge is 0.469 e. The van der Waals surface area contributed by atoms with Crippen molar-refractivity contribution in [2.24, 2.45) is 0 Å². The summed E-state index contributed by atoms with van der Waals surface area (Å²) in [5.74, 6) is -1.34. The van der Waals surface area contributed by atoms with Gasteiger partial charge < -0.3 is 39.1 Å². The summed E-state index contributed by atoms with van der Waals surface area (Å²) in [6.45, 7) is 2.09. The maximum absolute atomic E-state index is 12.8. The van der Waals surface area contributed by atoms with Gasteiger partial charge in [0.05, 0.1) is 80.2 Å². The molecule has 0 radical (unpaired) electrons. The Morgan fingerprint density at radius 2 is 1.11 bits per heavy atom. The molecule has 0 atom stereocenters. The van der Waals surface area contributed by atoms with E-state index in [1.54, 1.807) is 0 Å². The van der Waals surface area contributed by atoms with Gasteiger partial charge in [-0.1, -0.05) is 29.8 Å². The maximum Gasteiger partial charge on any atom is 0.315 e. The lowest BCUT2D eigenvalue weighted by Crippen LogP contribution is -2.60. The van der Waals surface area contributed by atoms with Gasteiger partial charge in [0.25, 0.3) is 0 Å².